The van der Waals surface area contributed by atoms with Crippen LogP contribution in [-0.4, -0.2) is 36.1 Å². The molecule has 0 N–H and O–H groups in total. The standard InChI is InChI=1S/C10H12F3NO3S/c1-8-3-4-9(17-8)7(6-8)2-5-14(9)18(15,16)10(11,12)13/h3-4,7H,2,5-6H2,1H3/t7?,8-,9+/m1/s1. The van der Waals surface area contributed by atoms with E-state index in [4.69, 9.17) is 4.74 Å². The molecule has 3 aliphatic rings. The van der Waals surface area contributed by atoms with Gasteiger partial charge in [-0.15, -0.1) is 0 Å². The summed E-state index contributed by atoms with van der Waals surface area (Å²) in [4.78, 5) is 0. The quantitative estimate of drug-likeness (QED) is 0.687. The molecule has 2 bridgehead atoms. The van der Waals surface area contributed by atoms with Gasteiger partial charge in [0.25, 0.3) is 0 Å². The normalized spacial score (nSPS) is 43.7. The van der Waals surface area contributed by atoms with Gasteiger partial charge in [0, 0.05) is 12.5 Å². The Bertz CT molecular complexity index is 529. The third kappa shape index (κ3) is 1.31. The van der Waals surface area contributed by atoms with Crippen molar-refractivity contribution < 1.29 is 26.3 Å². The summed E-state index contributed by atoms with van der Waals surface area (Å²) in [6.07, 6.45) is 4.09. The average Bonchev–Trinajstić information content (AvgIpc) is 2.77. The molecular weight excluding hydrogens is 271 g/mol. The van der Waals surface area contributed by atoms with Crippen LogP contribution < -0.4 is 0 Å². The fourth-order valence-corrected chi connectivity index (χ4v) is 4.45. The molecule has 18 heavy (non-hydrogen) atoms. The molecule has 3 heterocycles. The fourth-order valence-electron chi connectivity index (χ4n) is 3.23. The van der Waals surface area contributed by atoms with E-state index in [9.17, 15) is 21.6 Å². The van der Waals surface area contributed by atoms with Crippen molar-refractivity contribution >= 4 is 10.0 Å². The van der Waals surface area contributed by atoms with Crippen LogP contribution in [0, 0.1) is 5.92 Å². The van der Waals surface area contributed by atoms with Crippen molar-refractivity contribution in [2.75, 3.05) is 6.54 Å². The third-order valence-corrected chi connectivity index (χ3v) is 5.59. The Morgan fingerprint density at radius 2 is 2.06 bits per heavy atom. The van der Waals surface area contributed by atoms with Gasteiger partial charge in [0.15, 0.2) is 5.72 Å². The van der Waals surface area contributed by atoms with Crippen molar-refractivity contribution in [2.24, 2.45) is 5.92 Å². The molecule has 0 saturated carbocycles. The van der Waals surface area contributed by atoms with E-state index in [0.29, 0.717) is 17.1 Å². The van der Waals surface area contributed by atoms with Crippen LogP contribution in [0.15, 0.2) is 12.2 Å². The maximum atomic E-state index is 12.6. The summed E-state index contributed by atoms with van der Waals surface area (Å²) in [6.45, 7) is 1.61. The Labute approximate surface area is 102 Å². The van der Waals surface area contributed by atoms with Crippen LogP contribution in [0.5, 0.6) is 0 Å². The highest BCUT2D eigenvalue weighted by Gasteiger charge is 2.68. The SMILES string of the molecule is C[C@]12C=C[C@]3(O1)C(CCN3S(=O)(=O)C(F)(F)F)C2. The highest BCUT2D eigenvalue weighted by Crippen LogP contribution is 2.57. The molecule has 2 saturated heterocycles. The maximum Gasteiger partial charge on any atom is 0.511 e. The molecule has 1 unspecified atom stereocenters. The van der Waals surface area contributed by atoms with Gasteiger partial charge in [0.1, 0.15) is 0 Å². The van der Waals surface area contributed by atoms with E-state index in [-0.39, 0.29) is 12.5 Å². The number of hydrogen-bond donors (Lipinski definition) is 0. The zero-order chi connectivity index (χ0) is 13.4. The van der Waals surface area contributed by atoms with Crippen LogP contribution in [0.25, 0.3) is 0 Å². The molecule has 3 aliphatic heterocycles. The van der Waals surface area contributed by atoms with Crippen LogP contribution in [-0.2, 0) is 14.8 Å². The molecule has 8 heteroatoms. The van der Waals surface area contributed by atoms with E-state index in [1.54, 1.807) is 13.0 Å². The van der Waals surface area contributed by atoms with Gasteiger partial charge in [0.05, 0.1) is 5.60 Å². The second kappa shape index (κ2) is 3.10. The van der Waals surface area contributed by atoms with E-state index in [1.807, 2.05) is 0 Å². The predicted molar refractivity (Wildman–Crippen MR) is 55.8 cm³/mol. The second-order valence-electron chi connectivity index (χ2n) is 5.21. The Hall–Kier alpha value is -0.600. The average molecular weight is 283 g/mol. The first-order chi connectivity index (χ1) is 8.11. The van der Waals surface area contributed by atoms with Crippen LogP contribution in [0.2, 0.25) is 0 Å². The van der Waals surface area contributed by atoms with Gasteiger partial charge in [0.2, 0.25) is 0 Å². The first-order valence-corrected chi connectivity index (χ1v) is 7.04. The summed E-state index contributed by atoms with van der Waals surface area (Å²) in [6, 6.07) is 0. The van der Waals surface area contributed by atoms with E-state index >= 15 is 0 Å². The van der Waals surface area contributed by atoms with E-state index in [2.05, 4.69) is 0 Å². The minimum absolute atomic E-state index is 0.146. The van der Waals surface area contributed by atoms with Gasteiger partial charge >= 0.3 is 15.5 Å². The molecule has 3 rings (SSSR count). The summed E-state index contributed by atoms with van der Waals surface area (Å²) in [5.41, 5.74) is -7.33. The lowest BCUT2D eigenvalue weighted by molar-refractivity contribution is -0.0938. The Kier molecular flexibility index (Phi) is 2.14. The predicted octanol–water partition coefficient (Wildman–Crippen LogP) is 1.60. The number of hydrogen-bond acceptors (Lipinski definition) is 3. The minimum Gasteiger partial charge on any atom is -0.345 e. The van der Waals surface area contributed by atoms with Gasteiger partial charge in [-0.25, -0.2) is 8.42 Å². The molecule has 0 aromatic heterocycles. The molecule has 3 atom stereocenters. The van der Waals surface area contributed by atoms with Crippen LogP contribution >= 0.6 is 0 Å². The summed E-state index contributed by atoms with van der Waals surface area (Å²) in [5, 5.41) is 0. The van der Waals surface area contributed by atoms with Crippen LogP contribution in [0.4, 0.5) is 13.2 Å². The number of ether oxygens (including phenoxy) is 1. The topological polar surface area (TPSA) is 46.6 Å². The molecular formula is C10H12F3NO3S. The van der Waals surface area contributed by atoms with Crippen molar-refractivity contribution in [2.45, 2.75) is 36.6 Å². The lowest BCUT2D eigenvalue weighted by Gasteiger charge is -2.33. The molecule has 2 fully saturated rings. The van der Waals surface area contributed by atoms with Gasteiger partial charge in [-0.1, -0.05) is 6.08 Å². The lowest BCUT2D eigenvalue weighted by atomic mass is 9.85. The smallest absolute Gasteiger partial charge is 0.345 e. The maximum absolute atomic E-state index is 12.6. The van der Waals surface area contributed by atoms with Crippen LogP contribution in [0.3, 0.4) is 0 Å². The molecule has 0 radical (unpaired) electrons. The van der Waals surface area contributed by atoms with Gasteiger partial charge < -0.3 is 4.74 Å². The molecule has 1 spiro atoms. The zero-order valence-corrected chi connectivity index (χ0v) is 10.4. The highest BCUT2D eigenvalue weighted by atomic mass is 32.2. The van der Waals surface area contributed by atoms with Crippen molar-refractivity contribution in [1.29, 1.82) is 0 Å². The largest absolute Gasteiger partial charge is 0.511 e. The number of nitrogens with zero attached hydrogens (tertiary/aromatic N) is 1. The number of rotatable bonds is 1. The summed E-state index contributed by atoms with van der Waals surface area (Å²) < 4.78 is 67.2. The molecule has 102 valence electrons. The molecule has 0 amide bonds. The number of alkyl halides is 3. The van der Waals surface area contributed by atoms with Gasteiger partial charge in [-0.05, 0) is 25.8 Å². The second-order valence-corrected chi connectivity index (χ2v) is 7.07. The number of sulfonamides is 1. The monoisotopic (exact) mass is 283 g/mol. The van der Waals surface area contributed by atoms with Crippen LogP contribution in [0.1, 0.15) is 19.8 Å². The lowest BCUT2D eigenvalue weighted by Crippen LogP contribution is -2.52. The third-order valence-electron chi connectivity index (χ3n) is 3.96. The van der Waals surface area contributed by atoms with Crippen molar-refractivity contribution in [3.05, 3.63) is 12.2 Å². The van der Waals surface area contributed by atoms with Crippen molar-refractivity contribution in [1.82, 2.24) is 4.31 Å². The Morgan fingerprint density at radius 1 is 1.39 bits per heavy atom. The number of fused-ring (bicyclic) bond motifs is 1. The Morgan fingerprint density at radius 3 is 2.61 bits per heavy atom. The molecule has 0 aliphatic carbocycles. The highest BCUT2D eigenvalue weighted by molar-refractivity contribution is 7.90. The minimum atomic E-state index is -5.34. The fraction of sp³-hybridized carbons (Fsp3) is 0.800. The molecule has 4 nitrogen and oxygen atoms in total. The first-order valence-electron chi connectivity index (χ1n) is 5.60. The van der Waals surface area contributed by atoms with Crippen molar-refractivity contribution in [3.8, 4) is 0 Å². The van der Waals surface area contributed by atoms with E-state index in [0.717, 1.165) is 0 Å². The van der Waals surface area contributed by atoms with E-state index < -0.39 is 26.9 Å². The number of halogens is 3. The Balaban J connectivity index is 2.05. The molecule has 0 aromatic rings. The summed E-state index contributed by atoms with van der Waals surface area (Å²) >= 11 is 0. The van der Waals surface area contributed by atoms with Gasteiger partial charge in [-0.3, -0.25) is 0 Å². The summed E-state index contributed by atoms with van der Waals surface area (Å²) in [7, 11) is -5.34. The zero-order valence-electron chi connectivity index (χ0n) is 9.57. The van der Waals surface area contributed by atoms with Gasteiger partial charge in [-0.2, -0.15) is 17.5 Å². The summed E-state index contributed by atoms with van der Waals surface area (Å²) in [5.74, 6) is -0.190. The molecule has 0 aromatic carbocycles. The van der Waals surface area contributed by atoms with E-state index in [1.165, 1.54) is 6.08 Å². The van der Waals surface area contributed by atoms with Crippen molar-refractivity contribution in [3.63, 3.8) is 0 Å². The first kappa shape index (κ1) is 12.4.